The SMILES string of the molecule is COc1cc(CO)c(-c2ccc3c(c2O)[C@@H](C)N[C@H](C)C3)c2ccc(-c3ccc4c(c3O)C(OC)CC(CO)C4c3ccc4c(c3O)[C@@H](C)N[C@H](C)C4)c(O)c12. The summed E-state index contributed by atoms with van der Waals surface area (Å²) in [5, 5.41) is 77.4. The van der Waals surface area contributed by atoms with Gasteiger partial charge in [-0.25, -0.2) is 0 Å². The van der Waals surface area contributed by atoms with Crippen LogP contribution in [-0.4, -0.2) is 63.5 Å². The van der Waals surface area contributed by atoms with Crippen LogP contribution in [0.5, 0.6) is 28.7 Å². The van der Waals surface area contributed by atoms with Crippen molar-refractivity contribution in [2.75, 3.05) is 20.8 Å². The molecule has 0 aromatic heterocycles. The summed E-state index contributed by atoms with van der Waals surface area (Å²) < 4.78 is 11.8. The van der Waals surface area contributed by atoms with Gasteiger partial charge in [-0.15, -0.1) is 0 Å². The van der Waals surface area contributed by atoms with Crippen LogP contribution < -0.4 is 15.4 Å². The standard InChI is InChI=1S/C46H52N2O8/c1-21-15-25-7-9-33(45(53)37(25)23(3)47-21)39-27(19-49)17-35(55-5)41-31(39)13-11-29(43(41)51)30-12-14-32-40(28(20-50)18-36(56-6)42(32)44(30)52)34-10-8-26-16-22(2)48-24(4)38(26)46(34)54/h7-14,17,21-24,28,36,40,47-54H,15-16,18-20H2,1-6H3/t21-,22-,23-,24-,28?,36?,40?/m1/s1. The van der Waals surface area contributed by atoms with Gasteiger partial charge in [-0.05, 0) is 98.2 Å². The molecule has 7 atom stereocenters. The van der Waals surface area contributed by atoms with Gasteiger partial charge in [-0.2, -0.15) is 0 Å². The summed E-state index contributed by atoms with van der Waals surface area (Å²) in [7, 11) is 3.07. The average Bonchev–Trinajstić information content (AvgIpc) is 3.17. The van der Waals surface area contributed by atoms with Gasteiger partial charge in [0.05, 0.1) is 25.2 Å². The van der Waals surface area contributed by atoms with Gasteiger partial charge in [-0.1, -0.05) is 42.5 Å². The monoisotopic (exact) mass is 760 g/mol. The Balaban J connectivity index is 1.30. The maximum atomic E-state index is 12.2. The first-order chi connectivity index (χ1) is 26.9. The van der Waals surface area contributed by atoms with Crippen LogP contribution in [0, 0.1) is 5.92 Å². The van der Waals surface area contributed by atoms with Gasteiger partial charge < -0.3 is 50.7 Å². The number of aliphatic hydroxyl groups is 2. The molecule has 8 rings (SSSR count). The molecule has 0 amide bonds. The second kappa shape index (κ2) is 14.6. The lowest BCUT2D eigenvalue weighted by Crippen LogP contribution is -2.36. The third kappa shape index (κ3) is 5.89. The Kier molecular flexibility index (Phi) is 9.91. The number of hydrogen-bond acceptors (Lipinski definition) is 10. The molecule has 0 radical (unpaired) electrons. The number of phenols is 4. The Morgan fingerprint density at radius 2 is 1.23 bits per heavy atom. The summed E-state index contributed by atoms with van der Waals surface area (Å²) in [5.41, 5.74) is 8.13. The number of hydrogen-bond donors (Lipinski definition) is 8. The Labute approximate surface area is 327 Å². The van der Waals surface area contributed by atoms with E-state index in [2.05, 4.69) is 30.5 Å². The lowest BCUT2D eigenvalue weighted by atomic mass is 9.69. The van der Waals surface area contributed by atoms with Gasteiger partial charge >= 0.3 is 0 Å². The summed E-state index contributed by atoms with van der Waals surface area (Å²) in [4.78, 5) is 0. The summed E-state index contributed by atoms with van der Waals surface area (Å²) in [6, 6.07) is 17.2. The number of phenolic OH excluding ortho intramolecular Hbond substituents is 4. The van der Waals surface area contributed by atoms with Crippen molar-refractivity contribution in [3.05, 3.63) is 99.1 Å². The van der Waals surface area contributed by atoms with E-state index >= 15 is 0 Å². The molecule has 10 heteroatoms. The Hall–Kier alpha value is -4.84. The van der Waals surface area contributed by atoms with Gasteiger partial charge in [-0.3, -0.25) is 0 Å². The van der Waals surface area contributed by atoms with E-state index in [1.165, 1.54) is 7.11 Å². The predicted octanol–water partition coefficient (Wildman–Crippen LogP) is 7.52. The molecule has 0 fully saturated rings. The number of methoxy groups -OCH3 is 2. The quantitative estimate of drug-likeness (QED) is 0.0833. The zero-order valence-corrected chi connectivity index (χ0v) is 32.8. The summed E-state index contributed by atoms with van der Waals surface area (Å²) in [6.07, 6.45) is 1.39. The molecule has 0 spiro atoms. The maximum Gasteiger partial charge on any atom is 0.135 e. The van der Waals surface area contributed by atoms with Crippen molar-refractivity contribution < 1.29 is 40.1 Å². The highest BCUT2D eigenvalue weighted by atomic mass is 16.5. The molecular formula is C46H52N2O8. The van der Waals surface area contributed by atoms with Crippen molar-refractivity contribution in [2.24, 2.45) is 5.92 Å². The summed E-state index contributed by atoms with van der Waals surface area (Å²) in [5.74, 6) is -0.294. The van der Waals surface area contributed by atoms with E-state index in [1.54, 1.807) is 25.3 Å². The fraction of sp³-hybridized carbons (Fsp3) is 0.391. The average molecular weight is 761 g/mol. The minimum absolute atomic E-state index is 0.0609. The van der Waals surface area contributed by atoms with Crippen molar-refractivity contribution in [1.29, 1.82) is 0 Å². The smallest absolute Gasteiger partial charge is 0.135 e. The molecular weight excluding hydrogens is 709 g/mol. The van der Waals surface area contributed by atoms with Crippen LogP contribution in [0.3, 0.4) is 0 Å². The van der Waals surface area contributed by atoms with Crippen LogP contribution in [0.4, 0.5) is 0 Å². The van der Waals surface area contributed by atoms with E-state index in [1.807, 2.05) is 44.2 Å². The number of benzene rings is 5. The lowest BCUT2D eigenvalue weighted by Gasteiger charge is -2.39. The number of rotatable bonds is 7. The highest BCUT2D eigenvalue weighted by molar-refractivity contribution is 6.08. The zero-order valence-electron chi connectivity index (χ0n) is 32.8. The Morgan fingerprint density at radius 1 is 0.661 bits per heavy atom. The zero-order chi connectivity index (χ0) is 39.7. The number of aromatic hydroxyl groups is 4. The molecule has 2 aliphatic heterocycles. The molecule has 5 aromatic carbocycles. The van der Waals surface area contributed by atoms with Crippen LogP contribution >= 0.6 is 0 Å². The minimum atomic E-state index is -0.567. The van der Waals surface area contributed by atoms with E-state index < -0.39 is 12.0 Å². The van der Waals surface area contributed by atoms with Gasteiger partial charge in [0.2, 0.25) is 0 Å². The van der Waals surface area contributed by atoms with Gasteiger partial charge in [0.15, 0.2) is 0 Å². The largest absolute Gasteiger partial charge is 0.507 e. The highest BCUT2D eigenvalue weighted by Crippen LogP contribution is 2.56. The molecule has 3 unspecified atom stereocenters. The fourth-order valence-electron chi connectivity index (χ4n) is 10.3. The third-order valence-corrected chi connectivity index (χ3v) is 12.7. The van der Waals surface area contributed by atoms with E-state index in [-0.39, 0.29) is 66.3 Å². The highest BCUT2D eigenvalue weighted by Gasteiger charge is 2.41. The van der Waals surface area contributed by atoms with Crippen LogP contribution in [0.1, 0.15) is 103 Å². The van der Waals surface area contributed by atoms with E-state index in [9.17, 15) is 30.6 Å². The van der Waals surface area contributed by atoms with E-state index in [0.29, 0.717) is 61.9 Å². The van der Waals surface area contributed by atoms with Crippen molar-refractivity contribution in [1.82, 2.24) is 10.6 Å². The molecule has 0 saturated heterocycles. The second-order valence-corrected chi connectivity index (χ2v) is 16.1. The summed E-state index contributed by atoms with van der Waals surface area (Å²) >= 11 is 0. The Morgan fingerprint density at radius 3 is 1.86 bits per heavy atom. The first kappa shape index (κ1) is 38.1. The Bertz CT molecular complexity index is 2360. The van der Waals surface area contributed by atoms with Gasteiger partial charge in [0.1, 0.15) is 28.7 Å². The minimum Gasteiger partial charge on any atom is -0.507 e. The van der Waals surface area contributed by atoms with Gasteiger partial charge in [0, 0.05) is 82.7 Å². The van der Waals surface area contributed by atoms with Crippen LogP contribution in [0.2, 0.25) is 0 Å². The molecule has 3 aliphatic rings. The molecule has 2 heterocycles. The van der Waals surface area contributed by atoms with Crippen molar-refractivity contribution in [3.8, 4) is 51.0 Å². The molecule has 56 heavy (non-hydrogen) atoms. The first-order valence-electron chi connectivity index (χ1n) is 19.6. The van der Waals surface area contributed by atoms with E-state index in [0.717, 1.165) is 40.7 Å². The predicted molar refractivity (Wildman–Crippen MR) is 217 cm³/mol. The number of fused-ring (bicyclic) bond motifs is 4. The van der Waals surface area contributed by atoms with Crippen LogP contribution in [-0.2, 0) is 24.2 Å². The number of ether oxygens (including phenoxy) is 2. The topological polar surface area (TPSA) is 164 Å². The lowest BCUT2D eigenvalue weighted by molar-refractivity contribution is 0.0503. The normalized spacial score (nSPS) is 24.4. The van der Waals surface area contributed by atoms with Crippen LogP contribution in [0.25, 0.3) is 33.0 Å². The summed E-state index contributed by atoms with van der Waals surface area (Å²) in [6.45, 7) is 7.83. The molecule has 8 N–H and O–H groups in total. The molecule has 1 aliphatic carbocycles. The van der Waals surface area contributed by atoms with Gasteiger partial charge in [0.25, 0.3) is 0 Å². The molecule has 0 saturated carbocycles. The third-order valence-electron chi connectivity index (χ3n) is 12.7. The van der Waals surface area contributed by atoms with E-state index in [4.69, 9.17) is 9.47 Å². The maximum absolute atomic E-state index is 12.2. The van der Waals surface area contributed by atoms with Crippen molar-refractivity contribution in [3.63, 3.8) is 0 Å². The number of nitrogens with one attached hydrogen (secondary N) is 2. The fourth-order valence-corrected chi connectivity index (χ4v) is 10.3. The molecule has 0 bridgehead atoms. The molecule has 294 valence electrons. The molecule has 5 aromatic rings. The first-order valence-corrected chi connectivity index (χ1v) is 19.6. The number of aliphatic hydroxyl groups excluding tert-OH is 2. The molecule has 10 nitrogen and oxygen atoms in total. The second-order valence-electron chi connectivity index (χ2n) is 16.1. The van der Waals surface area contributed by atoms with Crippen molar-refractivity contribution >= 4 is 10.8 Å². The van der Waals surface area contributed by atoms with Crippen LogP contribution in [0.15, 0.2) is 54.6 Å². The van der Waals surface area contributed by atoms with Crippen molar-refractivity contribution in [2.45, 2.75) is 89.8 Å².